The van der Waals surface area contributed by atoms with E-state index in [0.29, 0.717) is 6.42 Å². The van der Waals surface area contributed by atoms with Crippen molar-refractivity contribution in [1.29, 1.82) is 0 Å². The number of hydrogen-bond acceptors (Lipinski definition) is 4. The highest BCUT2D eigenvalue weighted by molar-refractivity contribution is 7.90. The quantitative estimate of drug-likeness (QED) is 0.778. The minimum atomic E-state index is -3.27. The molecule has 0 aromatic rings. The van der Waals surface area contributed by atoms with Gasteiger partial charge in [-0.15, -0.1) is 0 Å². The molecule has 0 amide bonds. The normalized spacial score (nSPS) is 27.9. The Morgan fingerprint density at radius 1 is 1.16 bits per heavy atom. The van der Waals surface area contributed by atoms with Gasteiger partial charge in [-0.1, -0.05) is 18.2 Å². The molecule has 0 aromatic heterocycles. The van der Waals surface area contributed by atoms with Crippen LogP contribution in [0.25, 0.3) is 0 Å². The van der Waals surface area contributed by atoms with Crippen LogP contribution in [-0.2, 0) is 19.3 Å². The smallest absolute Gasteiger partial charge is 0.399 e. The van der Waals surface area contributed by atoms with E-state index in [0.717, 1.165) is 11.9 Å². The third-order valence-electron chi connectivity index (χ3n) is 5.61. The largest absolute Gasteiger partial charge is 0.494 e. The number of sulfonamides is 1. The molecule has 1 N–H and O–H groups in total. The Hall–Kier alpha value is -0.885. The summed E-state index contributed by atoms with van der Waals surface area (Å²) in [5.41, 5.74) is 2.66. The van der Waals surface area contributed by atoms with Crippen LogP contribution in [-0.4, -0.2) is 38.0 Å². The zero-order chi connectivity index (χ0) is 18.6. The molecule has 5 nitrogen and oxygen atoms in total. The molecular formula is C18H28BNO4S. The number of rotatable bonds is 4. The van der Waals surface area contributed by atoms with Crippen LogP contribution in [0.4, 0.5) is 0 Å². The Kier molecular flexibility index (Phi) is 4.60. The lowest BCUT2D eigenvalue weighted by Crippen LogP contribution is -2.41. The lowest BCUT2D eigenvalue weighted by molar-refractivity contribution is 0.00578. The van der Waals surface area contributed by atoms with E-state index in [4.69, 9.17) is 9.31 Å². The van der Waals surface area contributed by atoms with Gasteiger partial charge in [0, 0.05) is 6.04 Å². The molecule has 1 aliphatic heterocycles. The number of fused-ring (bicyclic) bond motifs is 1. The molecule has 0 radical (unpaired) electrons. The fraction of sp³-hybridized carbons (Fsp3) is 0.667. The van der Waals surface area contributed by atoms with Gasteiger partial charge in [0.25, 0.3) is 0 Å². The van der Waals surface area contributed by atoms with Crippen molar-refractivity contribution >= 4 is 17.1 Å². The Morgan fingerprint density at radius 2 is 1.76 bits per heavy atom. The molecule has 0 aromatic carbocycles. The molecule has 1 heterocycles. The average Bonchev–Trinajstić information content (AvgIpc) is 2.94. The van der Waals surface area contributed by atoms with Crippen LogP contribution in [0, 0.1) is 0 Å². The first-order valence-electron chi connectivity index (χ1n) is 8.90. The molecule has 1 fully saturated rings. The summed E-state index contributed by atoms with van der Waals surface area (Å²) in [6.07, 6.45) is 7.71. The lowest BCUT2D eigenvalue weighted by atomic mass is 9.73. The summed E-state index contributed by atoms with van der Waals surface area (Å²) >= 11 is 0. The summed E-state index contributed by atoms with van der Waals surface area (Å²) in [4.78, 5) is 0. The molecule has 0 spiro atoms. The molecular weight excluding hydrogens is 337 g/mol. The molecule has 0 unspecified atom stereocenters. The van der Waals surface area contributed by atoms with E-state index in [2.05, 4.69) is 16.9 Å². The second-order valence-electron chi connectivity index (χ2n) is 8.38. The number of hydrogen-bond donors (Lipinski definition) is 1. The topological polar surface area (TPSA) is 64.6 Å². The highest BCUT2D eigenvalue weighted by atomic mass is 32.2. The van der Waals surface area contributed by atoms with Gasteiger partial charge in [0.2, 0.25) is 10.0 Å². The predicted octanol–water partition coefficient (Wildman–Crippen LogP) is 2.90. The third kappa shape index (κ3) is 3.52. The maximum Gasteiger partial charge on any atom is 0.494 e. The van der Waals surface area contributed by atoms with Crippen LogP contribution in [0.3, 0.4) is 0 Å². The fourth-order valence-electron chi connectivity index (χ4n) is 3.18. The zero-order valence-corrected chi connectivity index (χ0v) is 16.7. The summed E-state index contributed by atoms with van der Waals surface area (Å²) in [5, 5.41) is -0.430. The van der Waals surface area contributed by atoms with Gasteiger partial charge in [0.1, 0.15) is 0 Å². The van der Waals surface area contributed by atoms with E-state index in [1.54, 1.807) is 13.8 Å². The van der Waals surface area contributed by atoms with E-state index in [9.17, 15) is 8.42 Å². The first-order valence-corrected chi connectivity index (χ1v) is 10.4. The Balaban J connectivity index is 1.72. The van der Waals surface area contributed by atoms with Crippen molar-refractivity contribution in [2.24, 2.45) is 0 Å². The van der Waals surface area contributed by atoms with E-state index >= 15 is 0 Å². The number of allylic oxidation sites excluding steroid dienone is 4. The van der Waals surface area contributed by atoms with E-state index < -0.39 is 15.3 Å². The van der Waals surface area contributed by atoms with Crippen LogP contribution in [0.15, 0.2) is 34.8 Å². The van der Waals surface area contributed by atoms with Crippen LogP contribution >= 0.6 is 0 Å². The zero-order valence-electron chi connectivity index (χ0n) is 15.9. The van der Waals surface area contributed by atoms with E-state index in [1.807, 2.05) is 33.8 Å². The monoisotopic (exact) mass is 365 g/mol. The standard InChI is InChI=1S/C18H28BNO4S/c1-12(2)25(21,22)20-16-10-13-7-8-15(9-14(13)11-16)19-23-17(3,4)18(5,6)24-19/h8-10,12,16,20H,7,11H2,1-6H3/t16-/m1/s1. The summed E-state index contributed by atoms with van der Waals surface area (Å²) in [5.74, 6) is 0. The first kappa shape index (κ1) is 18.9. The van der Waals surface area contributed by atoms with Crippen LogP contribution in [0.5, 0.6) is 0 Å². The third-order valence-corrected chi connectivity index (χ3v) is 7.49. The van der Waals surface area contributed by atoms with Crippen LogP contribution in [0.2, 0.25) is 0 Å². The van der Waals surface area contributed by atoms with Crippen molar-refractivity contribution < 1.29 is 17.7 Å². The van der Waals surface area contributed by atoms with Crippen LogP contribution < -0.4 is 4.72 Å². The van der Waals surface area contributed by atoms with Gasteiger partial charge in [-0.2, -0.15) is 0 Å². The second-order valence-corrected chi connectivity index (χ2v) is 10.6. The molecule has 1 atom stereocenters. The van der Waals surface area contributed by atoms with Gasteiger partial charge in [-0.25, -0.2) is 13.1 Å². The average molecular weight is 365 g/mol. The first-order chi connectivity index (χ1) is 11.4. The Bertz CT molecular complexity index is 746. The maximum atomic E-state index is 12.1. The van der Waals surface area contributed by atoms with Gasteiger partial charge >= 0.3 is 7.12 Å². The molecule has 3 aliphatic rings. The van der Waals surface area contributed by atoms with Gasteiger partial charge in [0.15, 0.2) is 0 Å². The van der Waals surface area contributed by atoms with E-state index in [-0.39, 0.29) is 24.4 Å². The van der Waals surface area contributed by atoms with E-state index in [1.165, 1.54) is 11.1 Å². The van der Waals surface area contributed by atoms with Gasteiger partial charge in [-0.05, 0) is 71.0 Å². The summed E-state index contributed by atoms with van der Waals surface area (Å²) in [7, 11) is -3.64. The Labute approximate surface area is 151 Å². The molecule has 2 aliphatic carbocycles. The predicted molar refractivity (Wildman–Crippen MR) is 101 cm³/mol. The molecule has 0 saturated carbocycles. The lowest BCUT2D eigenvalue weighted by Gasteiger charge is -2.32. The summed E-state index contributed by atoms with van der Waals surface area (Å²) < 4.78 is 39.2. The highest BCUT2D eigenvalue weighted by Crippen LogP contribution is 2.41. The molecule has 138 valence electrons. The van der Waals surface area contributed by atoms with Gasteiger partial charge in [0.05, 0.1) is 16.5 Å². The van der Waals surface area contributed by atoms with Crippen LogP contribution in [0.1, 0.15) is 54.4 Å². The minimum absolute atomic E-state index is 0.167. The molecule has 3 rings (SSSR count). The molecule has 0 bridgehead atoms. The van der Waals surface area contributed by atoms with Gasteiger partial charge in [-0.3, -0.25) is 0 Å². The van der Waals surface area contributed by atoms with Crippen molar-refractivity contribution in [3.8, 4) is 0 Å². The van der Waals surface area contributed by atoms with Crippen molar-refractivity contribution in [3.05, 3.63) is 34.8 Å². The van der Waals surface area contributed by atoms with Crippen molar-refractivity contribution in [1.82, 2.24) is 4.72 Å². The Morgan fingerprint density at radius 3 is 2.32 bits per heavy atom. The van der Waals surface area contributed by atoms with Crippen molar-refractivity contribution in [2.75, 3.05) is 0 Å². The maximum absolute atomic E-state index is 12.1. The molecule has 25 heavy (non-hydrogen) atoms. The SMILES string of the molecule is CC(C)S(=O)(=O)N[C@@H]1C=C2CC=C(B3OC(C)(C)C(C)(C)O3)C=C2C1. The van der Waals surface area contributed by atoms with Crippen molar-refractivity contribution in [3.63, 3.8) is 0 Å². The molecule has 7 heteroatoms. The second kappa shape index (κ2) is 6.08. The minimum Gasteiger partial charge on any atom is -0.399 e. The molecule has 1 saturated heterocycles. The number of nitrogens with one attached hydrogen (secondary N) is 1. The highest BCUT2D eigenvalue weighted by Gasteiger charge is 2.52. The summed E-state index contributed by atoms with van der Waals surface area (Å²) in [6, 6.07) is -0.167. The van der Waals surface area contributed by atoms with Gasteiger partial charge < -0.3 is 9.31 Å². The van der Waals surface area contributed by atoms with Crippen molar-refractivity contribution in [2.45, 2.75) is 76.9 Å². The summed E-state index contributed by atoms with van der Waals surface area (Å²) in [6.45, 7) is 11.5. The fourth-order valence-corrected chi connectivity index (χ4v) is 4.03.